The van der Waals surface area contributed by atoms with Gasteiger partial charge in [-0.2, -0.15) is 0 Å². The predicted molar refractivity (Wildman–Crippen MR) is 88.1 cm³/mol. The summed E-state index contributed by atoms with van der Waals surface area (Å²) in [5.41, 5.74) is 5.78. The van der Waals surface area contributed by atoms with Gasteiger partial charge in [-0.15, -0.1) is 0 Å². The van der Waals surface area contributed by atoms with Gasteiger partial charge >= 0.3 is 0 Å². The van der Waals surface area contributed by atoms with Gasteiger partial charge in [0.1, 0.15) is 0 Å². The van der Waals surface area contributed by atoms with Crippen LogP contribution in [0.5, 0.6) is 0 Å². The minimum atomic E-state index is 0.273. The monoisotopic (exact) mass is 329 g/mol. The smallest absolute Gasteiger partial charge is 0.0574 e. The topological polar surface area (TPSA) is 12.0 Å². The first-order valence-electron chi connectivity index (χ1n) is 7.32. The summed E-state index contributed by atoms with van der Waals surface area (Å²) in [6.45, 7) is 0. The summed E-state index contributed by atoms with van der Waals surface area (Å²) >= 11 is 3.50. The zero-order valence-electron chi connectivity index (χ0n) is 11.8. The molecule has 0 bridgehead atoms. The molecule has 20 heavy (non-hydrogen) atoms. The van der Waals surface area contributed by atoms with E-state index in [-0.39, 0.29) is 6.04 Å². The Morgan fingerprint density at radius 2 is 1.55 bits per heavy atom. The minimum Gasteiger partial charge on any atom is -0.309 e. The van der Waals surface area contributed by atoms with Crippen LogP contribution in [0, 0.1) is 0 Å². The van der Waals surface area contributed by atoms with Gasteiger partial charge in [0, 0.05) is 4.47 Å². The highest BCUT2D eigenvalue weighted by atomic mass is 79.9. The van der Waals surface area contributed by atoms with E-state index >= 15 is 0 Å². The van der Waals surface area contributed by atoms with Gasteiger partial charge in [0.15, 0.2) is 0 Å². The molecule has 0 radical (unpaired) electrons. The van der Waals surface area contributed by atoms with Crippen molar-refractivity contribution in [2.24, 2.45) is 0 Å². The van der Waals surface area contributed by atoms with Gasteiger partial charge in [0.25, 0.3) is 0 Å². The molecule has 1 nitrogen and oxygen atoms in total. The van der Waals surface area contributed by atoms with E-state index in [1.54, 1.807) is 11.1 Å². The standard InChI is InChI=1S/C18H20BrN/c1-20-18(14-8-10-17(19)11-9-14)16-7-6-13-4-2-3-5-15(13)12-16/h6-12,18,20H,2-5H2,1H3. The average Bonchev–Trinajstić information content (AvgIpc) is 2.50. The fourth-order valence-electron chi connectivity index (χ4n) is 3.11. The van der Waals surface area contributed by atoms with E-state index in [1.807, 2.05) is 7.05 Å². The van der Waals surface area contributed by atoms with Crippen molar-refractivity contribution in [2.75, 3.05) is 7.05 Å². The highest BCUT2D eigenvalue weighted by Crippen LogP contribution is 2.28. The number of hydrogen-bond donors (Lipinski definition) is 1. The van der Waals surface area contributed by atoms with Gasteiger partial charge in [-0.3, -0.25) is 0 Å². The van der Waals surface area contributed by atoms with E-state index in [4.69, 9.17) is 0 Å². The number of halogens is 1. The first-order chi connectivity index (χ1) is 9.78. The van der Waals surface area contributed by atoms with Gasteiger partial charge in [-0.25, -0.2) is 0 Å². The summed E-state index contributed by atoms with van der Waals surface area (Å²) in [4.78, 5) is 0. The van der Waals surface area contributed by atoms with Gasteiger partial charge < -0.3 is 5.32 Å². The van der Waals surface area contributed by atoms with Crippen LogP contribution in [-0.4, -0.2) is 7.05 Å². The molecular weight excluding hydrogens is 310 g/mol. The van der Waals surface area contributed by atoms with Crippen LogP contribution in [0.2, 0.25) is 0 Å². The van der Waals surface area contributed by atoms with Crippen molar-refractivity contribution >= 4 is 15.9 Å². The number of aryl methyl sites for hydroxylation is 2. The molecule has 1 unspecified atom stereocenters. The maximum atomic E-state index is 3.50. The molecule has 104 valence electrons. The van der Waals surface area contributed by atoms with Crippen LogP contribution in [-0.2, 0) is 12.8 Å². The average molecular weight is 330 g/mol. The molecule has 0 amide bonds. The third-order valence-corrected chi connectivity index (χ3v) is 4.73. The van der Waals surface area contributed by atoms with E-state index in [1.165, 1.54) is 36.8 Å². The van der Waals surface area contributed by atoms with Crippen LogP contribution in [0.3, 0.4) is 0 Å². The summed E-state index contributed by atoms with van der Waals surface area (Å²) < 4.78 is 1.13. The zero-order valence-corrected chi connectivity index (χ0v) is 13.4. The van der Waals surface area contributed by atoms with Crippen molar-refractivity contribution in [3.8, 4) is 0 Å². The first kappa shape index (κ1) is 13.8. The third-order valence-electron chi connectivity index (χ3n) is 4.20. The lowest BCUT2D eigenvalue weighted by Gasteiger charge is -2.21. The fourth-order valence-corrected chi connectivity index (χ4v) is 3.38. The number of hydrogen-bond acceptors (Lipinski definition) is 1. The van der Waals surface area contributed by atoms with E-state index < -0.39 is 0 Å². The van der Waals surface area contributed by atoms with Crippen LogP contribution < -0.4 is 5.32 Å². The molecule has 0 saturated carbocycles. The highest BCUT2D eigenvalue weighted by molar-refractivity contribution is 9.10. The van der Waals surface area contributed by atoms with Crippen LogP contribution in [0.15, 0.2) is 46.9 Å². The van der Waals surface area contributed by atoms with Crippen LogP contribution >= 0.6 is 15.9 Å². The molecule has 2 aromatic rings. The van der Waals surface area contributed by atoms with Crippen LogP contribution in [0.25, 0.3) is 0 Å². The van der Waals surface area contributed by atoms with E-state index in [9.17, 15) is 0 Å². The highest BCUT2D eigenvalue weighted by Gasteiger charge is 2.15. The Balaban J connectivity index is 1.94. The van der Waals surface area contributed by atoms with Crippen LogP contribution in [0.4, 0.5) is 0 Å². The van der Waals surface area contributed by atoms with Gasteiger partial charge in [-0.05, 0) is 67.1 Å². The molecule has 2 heteroatoms. The van der Waals surface area contributed by atoms with E-state index in [0.29, 0.717) is 0 Å². The summed E-state index contributed by atoms with van der Waals surface area (Å²) in [6.07, 6.45) is 5.16. The lowest BCUT2D eigenvalue weighted by atomic mass is 9.88. The maximum Gasteiger partial charge on any atom is 0.0574 e. The second-order valence-electron chi connectivity index (χ2n) is 5.51. The molecule has 0 heterocycles. The maximum absolute atomic E-state index is 3.50. The lowest BCUT2D eigenvalue weighted by Crippen LogP contribution is -2.18. The molecule has 0 aliphatic heterocycles. The predicted octanol–water partition coefficient (Wildman–Crippen LogP) is 4.64. The lowest BCUT2D eigenvalue weighted by molar-refractivity contribution is 0.668. The molecule has 0 saturated heterocycles. The Morgan fingerprint density at radius 1 is 0.900 bits per heavy atom. The number of nitrogens with one attached hydrogen (secondary N) is 1. The summed E-state index contributed by atoms with van der Waals surface area (Å²) in [5.74, 6) is 0. The van der Waals surface area contributed by atoms with Crippen molar-refractivity contribution in [2.45, 2.75) is 31.7 Å². The Kier molecular flexibility index (Phi) is 4.23. The molecule has 3 rings (SSSR count). The molecule has 0 fully saturated rings. The van der Waals surface area contributed by atoms with Crippen molar-refractivity contribution in [1.29, 1.82) is 0 Å². The molecule has 0 spiro atoms. The van der Waals surface area contributed by atoms with E-state index in [2.05, 4.69) is 63.7 Å². The Bertz CT molecular complexity index is 589. The largest absolute Gasteiger partial charge is 0.309 e. The number of fused-ring (bicyclic) bond motifs is 1. The Morgan fingerprint density at radius 3 is 2.25 bits per heavy atom. The molecular formula is C18H20BrN. The summed E-state index contributed by atoms with van der Waals surface area (Å²) in [5, 5.41) is 3.45. The summed E-state index contributed by atoms with van der Waals surface area (Å²) in [7, 11) is 2.03. The second-order valence-corrected chi connectivity index (χ2v) is 6.42. The molecule has 2 aromatic carbocycles. The molecule has 1 atom stereocenters. The zero-order chi connectivity index (χ0) is 13.9. The van der Waals surface area contributed by atoms with Gasteiger partial charge in [0.05, 0.1) is 6.04 Å². The van der Waals surface area contributed by atoms with Gasteiger partial charge in [-0.1, -0.05) is 46.3 Å². The van der Waals surface area contributed by atoms with Crippen molar-refractivity contribution in [3.05, 3.63) is 69.2 Å². The first-order valence-corrected chi connectivity index (χ1v) is 8.11. The normalized spacial score (nSPS) is 15.7. The third kappa shape index (κ3) is 2.82. The summed E-state index contributed by atoms with van der Waals surface area (Å²) in [6, 6.07) is 15.9. The molecule has 0 aromatic heterocycles. The Hall–Kier alpha value is -1.12. The number of benzene rings is 2. The molecule has 1 N–H and O–H groups in total. The van der Waals surface area contributed by atoms with E-state index in [0.717, 1.165) is 4.47 Å². The van der Waals surface area contributed by atoms with Crippen LogP contribution in [0.1, 0.15) is 41.1 Å². The number of rotatable bonds is 3. The Labute approximate surface area is 129 Å². The quantitative estimate of drug-likeness (QED) is 0.865. The second kappa shape index (κ2) is 6.11. The SMILES string of the molecule is CNC(c1ccc(Br)cc1)c1ccc2c(c1)CCCC2. The molecule has 1 aliphatic rings. The van der Waals surface area contributed by atoms with Gasteiger partial charge in [0.2, 0.25) is 0 Å². The van der Waals surface area contributed by atoms with Crippen molar-refractivity contribution in [1.82, 2.24) is 5.32 Å². The molecule has 1 aliphatic carbocycles. The van der Waals surface area contributed by atoms with Crippen molar-refractivity contribution < 1.29 is 0 Å². The minimum absolute atomic E-state index is 0.273. The fraction of sp³-hybridized carbons (Fsp3) is 0.333. The van der Waals surface area contributed by atoms with Crippen molar-refractivity contribution in [3.63, 3.8) is 0 Å².